The molecule has 1 nitrogen and oxygen atoms in total. The van der Waals surface area contributed by atoms with Crippen LogP contribution < -0.4 is 0 Å². The van der Waals surface area contributed by atoms with Crippen molar-refractivity contribution in [1.82, 2.24) is 0 Å². The Morgan fingerprint density at radius 3 is 2.15 bits per heavy atom. The van der Waals surface area contributed by atoms with E-state index in [0.29, 0.717) is 12.0 Å². The summed E-state index contributed by atoms with van der Waals surface area (Å²) < 4.78 is 0.0618. The number of hydrogen-bond donors (Lipinski definition) is 0. The van der Waals surface area contributed by atoms with Gasteiger partial charge >= 0.3 is 0 Å². The largest absolute Gasteiger partial charge is 0.293 e. The molecule has 2 heteroatoms. The van der Waals surface area contributed by atoms with Crippen LogP contribution in [0.5, 0.6) is 0 Å². The van der Waals surface area contributed by atoms with Crippen LogP contribution in [0.3, 0.4) is 0 Å². The molecule has 0 aromatic heterocycles. The van der Waals surface area contributed by atoms with E-state index in [-0.39, 0.29) is 3.42 Å². The molecule has 0 spiro atoms. The van der Waals surface area contributed by atoms with E-state index < -0.39 is 0 Å². The summed E-state index contributed by atoms with van der Waals surface area (Å²) in [5, 5.41) is 0. The third kappa shape index (κ3) is 8.47. The summed E-state index contributed by atoms with van der Waals surface area (Å²) in [4.78, 5) is 4.39. The van der Waals surface area contributed by atoms with Crippen LogP contribution in [-0.2, 0) is 0 Å². The topological polar surface area (TPSA) is 12.4 Å². The number of allylic oxidation sites excluding steroid dienone is 2. The molecule has 0 radical (unpaired) electrons. The first kappa shape index (κ1) is 13.1. The summed E-state index contributed by atoms with van der Waals surface area (Å²) in [6, 6.07) is 0.390. The Morgan fingerprint density at radius 2 is 1.77 bits per heavy atom. The van der Waals surface area contributed by atoms with E-state index in [1.165, 1.54) is 0 Å². The first-order valence-electron chi connectivity index (χ1n) is 4.76. The van der Waals surface area contributed by atoms with Gasteiger partial charge in [0, 0.05) is 12.3 Å². The maximum absolute atomic E-state index is 4.39. The number of nitrogens with zero attached hydrogens (tertiary/aromatic N) is 1. The zero-order chi connectivity index (χ0) is 10.5. The third-order valence-corrected chi connectivity index (χ3v) is 2.07. The number of alkyl halides is 1. The molecule has 13 heavy (non-hydrogen) atoms. The van der Waals surface area contributed by atoms with E-state index in [1.807, 2.05) is 6.21 Å². The zero-order valence-corrected chi connectivity index (χ0v) is 11.4. The maximum Gasteiger partial charge on any atom is 0.0719 e. The van der Waals surface area contributed by atoms with Crippen molar-refractivity contribution in [3.8, 4) is 0 Å². The van der Waals surface area contributed by atoms with Crippen LogP contribution in [0, 0.1) is 5.92 Å². The Morgan fingerprint density at radius 1 is 1.23 bits per heavy atom. The van der Waals surface area contributed by atoms with Crippen molar-refractivity contribution in [1.29, 1.82) is 0 Å². The molecule has 1 atom stereocenters. The van der Waals surface area contributed by atoms with E-state index in [4.69, 9.17) is 0 Å². The summed E-state index contributed by atoms with van der Waals surface area (Å²) in [7, 11) is 0. The van der Waals surface area contributed by atoms with Crippen LogP contribution in [0.4, 0.5) is 0 Å². The molecule has 0 aromatic rings. The summed E-state index contributed by atoms with van der Waals surface area (Å²) >= 11 is 2.41. The van der Waals surface area contributed by atoms with Gasteiger partial charge in [-0.3, -0.25) is 4.99 Å². The van der Waals surface area contributed by atoms with E-state index in [1.54, 1.807) is 0 Å². The van der Waals surface area contributed by atoms with E-state index >= 15 is 0 Å². The van der Waals surface area contributed by atoms with Crippen molar-refractivity contribution in [2.45, 2.75) is 44.1 Å². The van der Waals surface area contributed by atoms with Crippen LogP contribution in [0.15, 0.2) is 17.1 Å². The molecule has 0 aliphatic rings. The van der Waals surface area contributed by atoms with Gasteiger partial charge in [0.1, 0.15) is 0 Å². The smallest absolute Gasteiger partial charge is 0.0719 e. The minimum Gasteiger partial charge on any atom is -0.293 e. The van der Waals surface area contributed by atoms with Crippen molar-refractivity contribution in [2.75, 3.05) is 0 Å². The van der Waals surface area contributed by atoms with Gasteiger partial charge in [0.25, 0.3) is 0 Å². The molecular formula is C11H20IN. The molecule has 0 bridgehead atoms. The van der Waals surface area contributed by atoms with Crippen LogP contribution in [0.1, 0.15) is 34.6 Å². The lowest BCUT2D eigenvalue weighted by atomic mass is 10.1. The molecule has 0 heterocycles. The summed E-state index contributed by atoms with van der Waals surface area (Å²) in [5.74, 6) is 0.613. The number of rotatable bonds is 4. The molecule has 0 saturated heterocycles. The Hall–Kier alpha value is 0.140. The van der Waals surface area contributed by atoms with Gasteiger partial charge in [0.2, 0.25) is 0 Å². The Balaban J connectivity index is 4.23. The molecule has 0 N–H and O–H groups in total. The highest BCUT2D eigenvalue weighted by molar-refractivity contribution is 14.1. The van der Waals surface area contributed by atoms with Crippen LogP contribution >= 0.6 is 22.6 Å². The lowest BCUT2D eigenvalue weighted by molar-refractivity contribution is 0.819. The highest BCUT2D eigenvalue weighted by Crippen LogP contribution is 2.18. The normalized spacial score (nSPS) is 17.8. The second-order valence-corrected chi connectivity index (χ2v) is 6.45. The first-order valence-corrected chi connectivity index (χ1v) is 5.84. The average molecular weight is 293 g/mol. The van der Waals surface area contributed by atoms with Gasteiger partial charge in [-0.1, -0.05) is 48.6 Å². The van der Waals surface area contributed by atoms with Gasteiger partial charge in [0.05, 0.1) is 3.42 Å². The molecule has 0 aromatic carbocycles. The highest BCUT2D eigenvalue weighted by atomic mass is 127. The fourth-order valence-electron chi connectivity index (χ4n) is 0.718. The lowest BCUT2D eigenvalue weighted by Gasteiger charge is -2.12. The van der Waals surface area contributed by atoms with Gasteiger partial charge in [-0.25, -0.2) is 0 Å². The van der Waals surface area contributed by atoms with Gasteiger partial charge < -0.3 is 0 Å². The summed E-state index contributed by atoms with van der Waals surface area (Å²) in [6.45, 7) is 10.7. The zero-order valence-electron chi connectivity index (χ0n) is 9.21. The van der Waals surface area contributed by atoms with Crippen molar-refractivity contribution in [2.24, 2.45) is 10.9 Å². The highest BCUT2D eigenvalue weighted by Gasteiger charge is 2.12. The van der Waals surface area contributed by atoms with E-state index in [0.717, 1.165) is 0 Å². The minimum atomic E-state index is 0.0618. The fourth-order valence-corrected chi connectivity index (χ4v) is 1.09. The molecule has 76 valence electrons. The Bertz CT molecular complexity index is 170. The Kier molecular flexibility index (Phi) is 5.85. The fraction of sp³-hybridized carbons (Fsp3) is 0.727. The van der Waals surface area contributed by atoms with Crippen LogP contribution in [0.2, 0.25) is 0 Å². The van der Waals surface area contributed by atoms with Crippen molar-refractivity contribution < 1.29 is 0 Å². The lowest BCUT2D eigenvalue weighted by Crippen LogP contribution is -2.14. The minimum absolute atomic E-state index is 0.0618. The van der Waals surface area contributed by atoms with E-state index in [9.17, 15) is 0 Å². The van der Waals surface area contributed by atoms with Crippen molar-refractivity contribution in [3.05, 3.63) is 12.2 Å². The molecule has 0 amide bonds. The van der Waals surface area contributed by atoms with Crippen molar-refractivity contribution >= 4 is 28.8 Å². The predicted octanol–water partition coefficient (Wildman–Crippen LogP) is 3.87. The molecule has 0 fully saturated rings. The first-order chi connectivity index (χ1) is 5.83. The summed E-state index contributed by atoms with van der Waals surface area (Å²) in [5.41, 5.74) is 0. The standard InChI is InChI=1S/C11H20IN/c1-9(2)6-7-11(5,12)8-13-10(3)4/h6-10H,1-5H3/b7-6-,13-8-. The van der Waals surface area contributed by atoms with Gasteiger partial charge in [-0.05, 0) is 26.7 Å². The second kappa shape index (κ2) is 5.78. The second-order valence-electron chi connectivity index (χ2n) is 4.13. The molecule has 0 aliphatic carbocycles. The number of aliphatic imine (C=N–C) groups is 1. The summed E-state index contributed by atoms with van der Waals surface area (Å²) in [6.07, 6.45) is 6.46. The Labute approximate surface area is 95.9 Å². The van der Waals surface area contributed by atoms with Crippen molar-refractivity contribution in [3.63, 3.8) is 0 Å². The third-order valence-electron chi connectivity index (χ3n) is 1.43. The monoisotopic (exact) mass is 293 g/mol. The predicted molar refractivity (Wildman–Crippen MR) is 70.0 cm³/mol. The molecule has 0 aliphatic heterocycles. The number of hydrogen-bond acceptors (Lipinski definition) is 1. The molecular weight excluding hydrogens is 273 g/mol. The SMILES string of the molecule is CC(C)/C=C\C(C)(I)/C=N\C(C)C. The van der Waals surface area contributed by atoms with Gasteiger partial charge in [-0.15, -0.1) is 0 Å². The van der Waals surface area contributed by atoms with E-state index in [2.05, 4.69) is 74.4 Å². The van der Waals surface area contributed by atoms with Crippen LogP contribution in [-0.4, -0.2) is 15.7 Å². The molecule has 1 unspecified atom stereocenters. The quantitative estimate of drug-likeness (QED) is 0.323. The van der Waals surface area contributed by atoms with Gasteiger partial charge in [-0.2, -0.15) is 0 Å². The van der Waals surface area contributed by atoms with Crippen LogP contribution in [0.25, 0.3) is 0 Å². The van der Waals surface area contributed by atoms with Gasteiger partial charge in [0.15, 0.2) is 0 Å². The average Bonchev–Trinajstić information content (AvgIpc) is 1.98. The number of halogens is 1. The molecule has 0 saturated carbocycles. The molecule has 0 rings (SSSR count). The maximum atomic E-state index is 4.39.